The zero-order valence-corrected chi connectivity index (χ0v) is 10.9. The summed E-state index contributed by atoms with van der Waals surface area (Å²) in [6, 6.07) is 3.87. The van der Waals surface area contributed by atoms with Crippen LogP contribution in [0.15, 0.2) is 16.7 Å². The van der Waals surface area contributed by atoms with E-state index in [0.29, 0.717) is 22.8 Å². The van der Waals surface area contributed by atoms with Crippen LogP contribution in [0.1, 0.15) is 27.2 Å². The van der Waals surface area contributed by atoms with Gasteiger partial charge in [-0.3, -0.25) is 4.79 Å². The van der Waals surface area contributed by atoms with Gasteiger partial charge in [-0.2, -0.15) is 0 Å². The number of methoxy groups -OCH3 is 1. The van der Waals surface area contributed by atoms with Crippen LogP contribution in [0.3, 0.4) is 0 Å². The number of benzene rings is 1. The number of aromatic nitrogens is 1. The summed E-state index contributed by atoms with van der Waals surface area (Å²) in [7, 11) is 1.59. The van der Waals surface area contributed by atoms with Crippen LogP contribution in [0.5, 0.6) is 5.75 Å². The number of hydrogen-bond acceptors (Lipinski definition) is 4. The van der Waals surface area contributed by atoms with Gasteiger partial charge in [-0.05, 0) is 44.0 Å². The number of carbonyl (C=O) groups is 1. The molecule has 0 N–H and O–H groups in total. The van der Waals surface area contributed by atoms with Crippen LogP contribution in [-0.2, 0) is 0 Å². The maximum absolute atomic E-state index is 11.1. The lowest BCUT2D eigenvalue weighted by Gasteiger charge is -2.09. The first-order chi connectivity index (χ1) is 8.58. The molecule has 1 heterocycles. The fourth-order valence-electron chi connectivity index (χ4n) is 1.85. The smallest absolute Gasteiger partial charge is 0.181 e. The zero-order valence-electron chi connectivity index (χ0n) is 10.9. The Morgan fingerprint density at radius 1 is 1.22 bits per heavy atom. The first kappa shape index (κ1) is 12.4. The highest BCUT2D eigenvalue weighted by atomic mass is 16.5. The van der Waals surface area contributed by atoms with Gasteiger partial charge in [-0.15, -0.1) is 0 Å². The highest BCUT2D eigenvalue weighted by Crippen LogP contribution is 2.35. The molecule has 0 saturated carbocycles. The Kier molecular flexibility index (Phi) is 3.19. The third-order valence-corrected chi connectivity index (χ3v) is 3.09. The number of ether oxygens (including phenoxy) is 1. The van der Waals surface area contributed by atoms with Gasteiger partial charge in [0.05, 0.1) is 23.9 Å². The van der Waals surface area contributed by atoms with E-state index in [-0.39, 0.29) is 0 Å². The van der Waals surface area contributed by atoms with Gasteiger partial charge in [-0.1, -0.05) is 5.16 Å². The highest BCUT2D eigenvalue weighted by Gasteiger charge is 2.18. The van der Waals surface area contributed by atoms with E-state index in [1.165, 1.54) is 0 Å². The van der Waals surface area contributed by atoms with E-state index in [1.54, 1.807) is 14.0 Å². The monoisotopic (exact) mass is 245 g/mol. The molecule has 0 atom stereocenters. The lowest BCUT2D eigenvalue weighted by atomic mass is 10.0. The van der Waals surface area contributed by atoms with Gasteiger partial charge >= 0.3 is 0 Å². The first-order valence-electron chi connectivity index (χ1n) is 5.65. The molecule has 0 bridgehead atoms. The second kappa shape index (κ2) is 4.64. The van der Waals surface area contributed by atoms with Crippen molar-refractivity contribution in [2.75, 3.05) is 7.11 Å². The van der Waals surface area contributed by atoms with E-state index in [0.717, 1.165) is 23.0 Å². The van der Waals surface area contributed by atoms with Crippen LogP contribution in [0, 0.1) is 20.8 Å². The van der Waals surface area contributed by atoms with Crippen LogP contribution in [0.25, 0.3) is 11.3 Å². The Morgan fingerprint density at radius 2 is 1.89 bits per heavy atom. The third kappa shape index (κ3) is 1.90. The molecular weight excluding hydrogens is 230 g/mol. The van der Waals surface area contributed by atoms with Crippen molar-refractivity contribution in [3.63, 3.8) is 0 Å². The molecule has 2 aromatic rings. The number of aldehydes is 1. The van der Waals surface area contributed by atoms with Gasteiger partial charge in [0.15, 0.2) is 12.0 Å². The number of nitrogens with zero attached hydrogens (tertiary/aromatic N) is 1. The Balaban J connectivity index is 2.69. The summed E-state index contributed by atoms with van der Waals surface area (Å²) in [4.78, 5) is 11.1. The van der Waals surface area contributed by atoms with Gasteiger partial charge in [0.2, 0.25) is 0 Å². The standard InChI is InChI=1S/C14H15NO3/c1-8-5-11(13(17-4)6-9(8)2)14-12(7-16)10(3)15-18-14/h5-7H,1-4H3. The van der Waals surface area contributed by atoms with Gasteiger partial charge in [0.25, 0.3) is 0 Å². The average molecular weight is 245 g/mol. The predicted octanol–water partition coefficient (Wildman–Crippen LogP) is 3.09. The van der Waals surface area contributed by atoms with Crippen LogP contribution in [0.2, 0.25) is 0 Å². The molecule has 0 spiro atoms. The van der Waals surface area contributed by atoms with E-state index < -0.39 is 0 Å². The summed E-state index contributed by atoms with van der Waals surface area (Å²) in [5.74, 6) is 1.14. The summed E-state index contributed by atoms with van der Waals surface area (Å²) in [5.41, 5.74) is 4.04. The van der Waals surface area contributed by atoms with Gasteiger partial charge in [-0.25, -0.2) is 0 Å². The summed E-state index contributed by atoms with van der Waals surface area (Å²) in [6.07, 6.45) is 0.760. The third-order valence-electron chi connectivity index (χ3n) is 3.09. The van der Waals surface area contributed by atoms with Crippen molar-refractivity contribution in [1.82, 2.24) is 5.16 Å². The predicted molar refractivity (Wildman–Crippen MR) is 68.1 cm³/mol. The maximum atomic E-state index is 11.1. The van der Waals surface area contributed by atoms with Crippen molar-refractivity contribution in [3.8, 4) is 17.1 Å². The number of rotatable bonds is 3. The fourth-order valence-corrected chi connectivity index (χ4v) is 1.85. The Labute approximate surface area is 106 Å². The molecule has 0 unspecified atom stereocenters. The minimum atomic E-state index is 0.461. The molecule has 94 valence electrons. The molecule has 0 fully saturated rings. The van der Waals surface area contributed by atoms with Crippen LogP contribution in [-0.4, -0.2) is 18.6 Å². The summed E-state index contributed by atoms with van der Waals surface area (Å²) in [6.45, 7) is 5.75. The van der Waals surface area contributed by atoms with Crippen molar-refractivity contribution in [1.29, 1.82) is 0 Å². The molecule has 0 aliphatic rings. The highest BCUT2D eigenvalue weighted by molar-refractivity contribution is 5.88. The Hall–Kier alpha value is -2.10. The van der Waals surface area contributed by atoms with Crippen LogP contribution in [0.4, 0.5) is 0 Å². The molecule has 0 radical (unpaired) electrons. The van der Waals surface area contributed by atoms with Gasteiger partial charge in [0, 0.05) is 0 Å². The molecule has 0 aliphatic carbocycles. The molecule has 4 nitrogen and oxygen atoms in total. The molecule has 0 aliphatic heterocycles. The molecule has 0 amide bonds. The van der Waals surface area contributed by atoms with Crippen molar-refractivity contribution in [2.45, 2.75) is 20.8 Å². The maximum Gasteiger partial charge on any atom is 0.181 e. The minimum absolute atomic E-state index is 0.461. The Morgan fingerprint density at radius 3 is 2.50 bits per heavy atom. The second-order valence-corrected chi connectivity index (χ2v) is 4.27. The largest absolute Gasteiger partial charge is 0.496 e. The van der Waals surface area contributed by atoms with Crippen LogP contribution >= 0.6 is 0 Å². The summed E-state index contributed by atoms with van der Waals surface area (Å²) < 4.78 is 10.6. The number of hydrogen-bond donors (Lipinski definition) is 0. The summed E-state index contributed by atoms with van der Waals surface area (Å²) in [5, 5.41) is 3.83. The molecule has 4 heteroatoms. The van der Waals surface area contributed by atoms with Crippen LogP contribution < -0.4 is 4.74 Å². The molecule has 2 rings (SSSR count). The molecule has 0 saturated heterocycles. The van der Waals surface area contributed by atoms with Crippen molar-refractivity contribution in [3.05, 3.63) is 34.5 Å². The van der Waals surface area contributed by atoms with Crippen molar-refractivity contribution < 1.29 is 14.1 Å². The van der Waals surface area contributed by atoms with E-state index in [9.17, 15) is 4.79 Å². The lowest BCUT2D eigenvalue weighted by molar-refractivity contribution is 0.112. The van der Waals surface area contributed by atoms with Gasteiger partial charge < -0.3 is 9.26 Å². The van der Waals surface area contributed by atoms with Crippen molar-refractivity contribution >= 4 is 6.29 Å². The second-order valence-electron chi connectivity index (χ2n) is 4.27. The first-order valence-corrected chi connectivity index (χ1v) is 5.65. The van der Waals surface area contributed by atoms with Crippen molar-refractivity contribution in [2.24, 2.45) is 0 Å². The Bertz CT molecular complexity index is 599. The average Bonchev–Trinajstić information content (AvgIpc) is 2.73. The SMILES string of the molecule is COc1cc(C)c(C)cc1-c1onc(C)c1C=O. The van der Waals surface area contributed by atoms with E-state index >= 15 is 0 Å². The zero-order chi connectivity index (χ0) is 13.3. The molecule has 1 aromatic heterocycles. The van der Waals surface area contributed by atoms with Gasteiger partial charge in [0.1, 0.15) is 5.75 Å². The minimum Gasteiger partial charge on any atom is -0.496 e. The van der Waals surface area contributed by atoms with E-state index in [2.05, 4.69) is 5.16 Å². The number of carbonyl (C=O) groups excluding carboxylic acids is 1. The number of aryl methyl sites for hydroxylation is 3. The lowest BCUT2D eigenvalue weighted by Crippen LogP contribution is -1.93. The van der Waals surface area contributed by atoms with E-state index in [4.69, 9.17) is 9.26 Å². The normalized spacial score (nSPS) is 10.4. The van der Waals surface area contributed by atoms with E-state index in [1.807, 2.05) is 26.0 Å². The summed E-state index contributed by atoms with van der Waals surface area (Å²) >= 11 is 0. The molecule has 18 heavy (non-hydrogen) atoms. The molecular formula is C14H15NO3. The quantitative estimate of drug-likeness (QED) is 0.780. The topological polar surface area (TPSA) is 52.3 Å². The molecule has 1 aromatic carbocycles. The fraction of sp³-hybridized carbons (Fsp3) is 0.286.